The molecule has 0 fully saturated rings. The number of sulfonamides is 1. The van der Waals surface area contributed by atoms with E-state index in [2.05, 4.69) is 4.98 Å². The predicted octanol–water partition coefficient (Wildman–Crippen LogP) is 2.85. The summed E-state index contributed by atoms with van der Waals surface area (Å²) in [6.07, 6.45) is 1.16. The van der Waals surface area contributed by atoms with Crippen LogP contribution in [0.5, 0.6) is 0 Å². The van der Waals surface area contributed by atoms with Crippen molar-refractivity contribution in [3.8, 4) is 11.1 Å². The Morgan fingerprint density at radius 2 is 1.94 bits per heavy atom. The van der Waals surface area contributed by atoms with E-state index in [0.29, 0.717) is 16.0 Å². The number of nitro benzene ring substituents is 1. The van der Waals surface area contributed by atoms with Gasteiger partial charge in [-0.15, -0.1) is 11.3 Å². The number of hydrogen-bond donors (Lipinski definition) is 1. The molecular formula is C21H16N4O6S2. The van der Waals surface area contributed by atoms with Gasteiger partial charge in [0.15, 0.2) is 0 Å². The molecule has 4 rings (SSSR count). The molecular weight excluding hydrogens is 468 g/mol. The van der Waals surface area contributed by atoms with Gasteiger partial charge in [-0.3, -0.25) is 24.3 Å². The van der Waals surface area contributed by atoms with E-state index in [4.69, 9.17) is 0 Å². The first-order valence-corrected chi connectivity index (χ1v) is 11.9. The van der Waals surface area contributed by atoms with Crippen molar-refractivity contribution in [3.63, 3.8) is 0 Å². The van der Waals surface area contributed by atoms with Gasteiger partial charge in [-0.2, -0.15) is 0 Å². The van der Waals surface area contributed by atoms with E-state index in [1.165, 1.54) is 41.7 Å². The molecule has 0 saturated carbocycles. The van der Waals surface area contributed by atoms with Crippen LogP contribution in [0.3, 0.4) is 0 Å². The average Bonchev–Trinajstić information content (AvgIpc) is 3.21. The summed E-state index contributed by atoms with van der Waals surface area (Å²) >= 11 is 1.18. The Morgan fingerprint density at radius 3 is 2.64 bits per heavy atom. The van der Waals surface area contributed by atoms with Crippen LogP contribution in [-0.4, -0.2) is 28.8 Å². The van der Waals surface area contributed by atoms with Crippen LogP contribution in [0.2, 0.25) is 0 Å². The molecule has 0 radical (unpaired) electrons. The van der Waals surface area contributed by atoms with Crippen molar-refractivity contribution in [2.24, 2.45) is 0 Å². The summed E-state index contributed by atoms with van der Waals surface area (Å²) in [6.45, 7) is 1.23. The molecule has 0 aliphatic carbocycles. The molecule has 0 unspecified atom stereocenters. The highest BCUT2D eigenvalue weighted by atomic mass is 32.2. The second kappa shape index (κ2) is 8.56. The molecule has 0 saturated heterocycles. The van der Waals surface area contributed by atoms with E-state index in [9.17, 15) is 28.1 Å². The van der Waals surface area contributed by atoms with Crippen molar-refractivity contribution in [2.75, 3.05) is 0 Å². The Kier molecular flexibility index (Phi) is 5.78. The lowest BCUT2D eigenvalue weighted by Gasteiger charge is -2.09. The molecule has 10 nitrogen and oxygen atoms in total. The fourth-order valence-corrected chi connectivity index (χ4v) is 5.08. The number of nitrogens with zero attached hydrogens (tertiary/aromatic N) is 3. The maximum absolute atomic E-state index is 13.1. The summed E-state index contributed by atoms with van der Waals surface area (Å²) in [5.41, 5.74) is 1.07. The zero-order valence-corrected chi connectivity index (χ0v) is 18.7. The number of fused-ring (bicyclic) bond motifs is 1. The fraction of sp³-hybridized carbons (Fsp3) is 0.0952. The van der Waals surface area contributed by atoms with Gasteiger partial charge in [-0.05, 0) is 24.6 Å². The normalized spacial score (nSPS) is 11.4. The molecule has 1 N–H and O–H groups in total. The first-order valence-electron chi connectivity index (χ1n) is 9.49. The topological polar surface area (TPSA) is 141 Å². The van der Waals surface area contributed by atoms with Gasteiger partial charge in [0.2, 0.25) is 0 Å². The van der Waals surface area contributed by atoms with Crippen LogP contribution < -0.4 is 10.3 Å². The maximum Gasteiger partial charge on any atom is 0.270 e. The summed E-state index contributed by atoms with van der Waals surface area (Å²) in [6, 6.07) is 11.8. The Labute approximate surface area is 191 Å². The lowest BCUT2D eigenvalue weighted by atomic mass is 10.1. The number of amides is 1. The van der Waals surface area contributed by atoms with E-state index in [0.717, 1.165) is 16.5 Å². The number of non-ortho nitro benzene ring substituents is 1. The van der Waals surface area contributed by atoms with Crippen molar-refractivity contribution >= 4 is 43.2 Å². The Balaban J connectivity index is 1.65. The quantitative estimate of drug-likeness (QED) is 0.328. The molecule has 0 aliphatic heterocycles. The second-order valence-electron chi connectivity index (χ2n) is 7.16. The summed E-state index contributed by atoms with van der Waals surface area (Å²) < 4.78 is 27.8. The number of hydrogen-bond acceptors (Lipinski definition) is 8. The fourth-order valence-electron chi connectivity index (χ4n) is 3.19. The van der Waals surface area contributed by atoms with Crippen molar-refractivity contribution < 1.29 is 18.1 Å². The van der Waals surface area contributed by atoms with E-state index >= 15 is 0 Å². The molecule has 0 aliphatic rings. The minimum atomic E-state index is -4.10. The van der Waals surface area contributed by atoms with Gasteiger partial charge in [0.05, 0.1) is 21.5 Å². The van der Waals surface area contributed by atoms with Gasteiger partial charge in [0.1, 0.15) is 11.4 Å². The predicted molar refractivity (Wildman–Crippen MR) is 122 cm³/mol. The van der Waals surface area contributed by atoms with Gasteiger partial charge in [-0.25, -0.2) is 18.1 Å². The van der Waals surface area contributed by atoms with Crippen molar-refractivity contribution in [1.82, 2.24) is 14.3 Å². The molecule has 12 heteroatoms. The molecule has 2 aromatic heterocycles. The third-order valence-electron chi connectivity index (χ3n) is 4.82. The van der Waals surface area contributed by atoms with Crippen molar-refractivity contribution in [2.45, 2.75) is 18.4 Å². The number of aryl methyl sites for hydroxylation is 1. The number of nitrogens with one attached hydrogen (secondary N) is 1. The molecule has 0 atom stereocenters. The smallest absolute Gasteiger partial charge is 0.270 e. The number of thiophene rings is 1. The number of benzene rings is 2. The van der Waals surface area contributed by atoms with Crippen molar-refractivity contribution in [3.05, 3.63) is 86.3 Å². The number of carbonyl (C=O) groups is 1. The molecule has 2 heterocycles. The van der Waals surface area contributed by atoms with Gasteiger partial charge < -0.3 is 0 Å². The molecule has 4 aromatic rings. The van der Waals surface area contributed by atoms with Crippen LogP contribution >= 0.6 is 11.3 Å². The van der Waals surface area contributed by atoms with Crippen LogP contribution in [0.1, 0.15) is 5.56 Å². The number of nitro groups is 1. The minimum Gasteiger partial charge on any atom is -0.289 e. The Hall–Kier alpha value is -3.90. The zero-order chi connectivity index (χ0) is 23.8. The highest BCUT2D eigenvalue weighted by molar-refractivity contribution is 7.90. The van der Waals surface area contributed by atoms with Gasteiger partial charge in [0, 0.05) is 23.1 Å². The number of aromatic nitrogens is 2. The van der Waals surface area contributed by atoms with E-state index in [1.807, 2.05) is 4.72 Å². The van der Waals surface area contributed by atoms with Crippen LogP contribution in [-0.2, 0) is 21.4 Å². The third kappa shape index (κ3) is 4.52. The van der Waals surface area contributed by atoms with Gasteiger partial charge >= 0.3 is 0 Å². The average molecular weight is 485 g/mol. The number of carbonyl (C=O) groups excluding carboxylic acids is 1. The Morgan fingerprint density at radius 1 is 1.21 bits per heavy atom. The van der Waals surface area contributed by atoms with Gasteiger partial charge in [-0.1, -0.05) is 29.8 Å². The second-order valence-corrected chi connectivity index (χ2v) is 9.70. The van der Waals surface area contributed by atoms with E-state index in [-0.39, 0.29) is 16.0 Å². The summed E-state index contributed by atoms with van der Waals surface area (Å²) in [4.78, 5) is 40.6. The van der Waals surface area contributed by atoms with Crippen LogP contribution in [0.25, 0.3) is 21.3 Å². The largest absolute Gasteiger partial charge is 0.289 e. The zero-order valence-electron chi connectivity index (χ0n) is 17.1. The van der Waals surface area contributed by atoms with Gasteiger partial charge in [0.25, 0.3) is 27.2 Å². The summed E-state index contributed by atoms with van der Waals surface area (Å²) in [7, 11) is -4.10. The highest BCUT2D eigenvalue weighted by Crippen LogP contribution is 2.32. The Bertz CT molecular complexity index is 1560. The summed E-state index contributed by atoms with van der Waals surface area (Å²) in [5, 5.41) is 12.9. The minimum absolute atomic E-state index is 0.0758. The molecule has 33 heavy (non-hydrogen) atoms. The van der Waals surface area contributed by atoms with Crippen LogP contribution in [0.4, 0.5) is 5.69 Å². The highest BCUT2D eigenvalue weighted by Gasteiger charge is 2.20. The SMILES string of the molecule is Cc1ccc(S(=O)(=O)NC(=O)Cn2cnc3scc(-c4cccc([N+](=O)[O-])c4)c3c2=O)cc1. The maximum atomic E-state index is 13.1. The monoisotopic (exact) mass is 484 g/mol. The van der Waals surface area contributed by atoms with Crippen LogP contribution in [0.15, 0.2) is 69.9 Å². The third-order valence-corrected chi connectivity index (χ3v) is 7.10. The number of rotatable bonds is 6. The standard InChI is InChI=1S/C21H16N4O6S2/c1-13-5-7-16(8-6-13)33(30,31)23-18(26)10-24-12-22-20-19(21(24)27)17(11-32-20)14-3-2-4-15(9-14)25(28)29/h2-9,11-12H,10H2,1H3,(H,23,26). The van der Waals surface area contributed by atoms with Crippen LogP contribution in [0, 0.1) is 17.0 Å². The molecule has 2 aromatic carbocycles. The van der Waals surface area contributed by atoms with E-state index < -0.39 is 33.0 Å². The molecule has 0 bridgehead atoms. The lowest BCUT2D eigenvalue weighted by molar-refractivity contribution is -0.384. The summed E-state index contributed by atoms with van der Waals surface area (Å²) in [5.74, 6) is -0.911. The molecule has 168 valence electrons. The lowest BCUT2D eigenvalue weighted by Crippen LogP contribution is -2.36. The first-order chi connectivity index (χ1) is 15.7. The first kappa shape index (κ1) is 22.3. The molecule has 1 amide bonds. The molecule has 0 spiro atoms. The van der Waals surface area contributed by atoms with Crippen molar-refractivity contribution in [1.29, 1.82) is 0 Å². The van der Waals surface area contributed by atoms with E-state index in [1.54, 1.807) is 30.5 Å².